The summed E-state index contributed by atoms with van der Waals surface area (Å²) < 4.78 is 36.0. The molecule has 0 radical (unpaired) electrons. The summed E-state index contributed by atoms with van der Waals surface area (Å²) in [6, 6.07) is 3.62. The quantitative estimate of drug-likeness (QED) is 0.864. The van der Waals surface area contributed by atoms with Gasteiger partial charge >= 0.3 is 6.18 Å². The van der Waals surface area contributed by atoms with E-state index in [1.54, 1.807) is 24.2 Å². The smallest absolute Gasteiger partial charge is 0.326 e. The van der Waals surface area contributed by atoms with Crippen LogP contribution in [0.4, 0.5) is 13.2 Å². The minimum atomic E-state index is -4.11. The molecule has 3 nitrogen and oxygen atoms in total. The molecule has 0 aromatic carbocycles. The van der Waals surface area contributed by atoms with Crippen LogP contribution >= 0.6 is 0 Å². The summed E-state index contributed by atoms with van der Waals surface area (Å²) in [6.07, 6.45) is -3.26. The monoisotopic (exact) mass is 247 g/mol. The van der Waals surface area contributed by atoms with E-state index in [-0.39, 0.29) is 6.54 Å². The Hall–Kier alpha value is -1.14. The molecule has 0 spiro atoms. The van der Waals surface area contributed by atoms with E-state index in [0.717, 1.165) is 11.3 Å². The maximum atomic E-state index is 12.0. The van der Waals surface area contributed by atoms with Crippen molar-refractivity contribution in [2.75, 3.05) is 13.6 Å². The molecule has 0 fully saturated rings. The highest BCUT2D eigenvalue weighted by Crippen LogP contribution is 2.19. The van der Waals surface area contributed by atoms with Gasteiger partial charge in [0.2, 0.25) is 0 Å². The number of alkyl halides is 3. The second-order valence-electron chi connectivity index (χ2n) is 3.96. The van der Waals surface area contributed by atoms with Crippen LogP contribution in [0.5, 0.6) is 0 Å². The van der Waals surface area contributed by atoms with Crippen molar-refractivity contribution in [1.29, 1.82) is 0 Å². The van der Waals surface area contributed by atoms with Gasteiger partial charge in [-0.2, -0.15) is 13.2 Å². The van der Waals surface area contributed by atoms with Crippen molar-refractivity contribution < 1.29 is 13.2 Å². The molecule has 0 saturated carbocycles. The van der Waals surface area contributed by atoms with Gasteiger partial charge in [-0.15, -0.1) is 0 Å². The zero-order valence-corrected chi connectivity index (χ0v) is 9.67. The molecule has 17 heavy (non-hydrogen) atoms. The standard InChI is InChI=1S/C11H16F3N3/c1-17(5-4-11(12,13)14)8-10-3-2-9(6-15)7-16-10/h2-3,7H,4-6,8,15H2,1H3. The first kappa shape index (κ1) is 13.9. The average molecular weight is 247 g/mol. The third-order valence-electron chi connectivity index (χ3n) is 2.33. The lowest BCUT2D eigenvalue weighted by atomic mass is 10.2. The Morgan fingerprint density at radius 1 is 1.35 bits per heavy atom. The number of nitrogens with zero attached hydrogens (tertiary/aromatic N) is 2. The molecule has 0 aliphatic heterocycles. The summed E-state index contributed by atoms with van der Waals surface area (Å²) in [6.45, 7) is 0.794. The van der Waals surface area contributed by atoms with Gasteiger partial charge in [-0.1, -0.05) is 6.07 Å². The lowest BCUT2D eigenvalue weighted by molar-refractivity contribution is -0.137. The third kappa shape index (κ3) is 5.65. The Kier molecular flexibility index (Phi) is 4.89. The maximum absolute atomic E-state index is 12.0. The number of aromatic nitrogens is 1. The van der Waals surface area contributed by atoms with Gasteiger partial charge < -0.3 is 10.6 Å². The van der Waals surface area contributed by atoms with Gasteiger partial charge in [-0.3, -0.25) is 4.98 Å². The summed E-state index contributed by atoms with van der Waals surface area (Å²) in [5, 5.41) is 0. The Labute approximate surface area is 98.4 Å². The van der Waals surface area contributed by atoms with Crippen LogP contribution in [0, 0.1) is 0 Å². The number of hydrogen-bond donors (Lipinski definition) is 1. The van der Waals surface area contributed by atoms with Crippen LogP contribution < -0.4 is 5.73 Å². The molecule has 1 aromatic heterocycles. The topological polar surface area (TPSA) is 42.1 Å². The number of hydrogen-bond acceptors (Lipinski definition) is 3. The van der Waals surface area contributed by atoms with Crippen molar-refractivity contribution in [3.05, 3.63) is 29.6 Å². The van der Waals surface area contributed by atoms with Crippen LogP contribution in [0.2, 0.25) is 0 Å². The second-order valence-corrected chi connectivity index (χ2v) is 3.96. The fourth-order valence-electron chi connectivity index (χ4n) is 1.34. The van der Waals surface area contributed by atoms with Crippen LogP contribution in [0.15, 0.2) is 18.3 Å². The largest absolute Gasteiger partial charge is 0.390 e. The van der Waals surface area contributed by atoms with Gasteiger partial charge in [0, 0.05) is 25.8 Å². The van der Waals surface area contributed by atoms with E-state index in [4.69, 9.17) is 5.73 Å². The van der Waals surface area contributed by atoms with Gasteiger partial charge in [0.05, 0.1) is 12.1 Å². The van der Waals surface area contributed by atoms with Crippen molar-refractivity contribution >= 4 is 0 Å². The molecule has 0 bridgehead atoms. The molecule has 0 saturated heterocycles. The van der Waals surface area contributed by atoms with Crippen LogP contribution in [-0.4, -0.2) is 29.7 Å². The fourth-order valence-corrected chi connectivity index (χ4v) is 1.34. The molecule has 1 aromatic rings. The molecule has 0 aliphatic rings. The summed E-state index contributed by atoms with van der Waals surface area (Å²) in [5.41, 5.74) is 7.07. The predicted molar refractivity (Wildman–Crippen MR) is 59.1 cm³/mol. The Morgan fingerprint density at radius 3 is 2.53 bits per heavy atom. The van der Waals surface area contributed by atoms with E-state index in [0.29, 0.717) is 13.1 Å². The predicted octanol–water partition coefficient (Wildman–Crippen LogP) is 1.92. The minimum absolute atomic E-state index is 0.0240. The molecule has 0 aliphatic carbocycles. The average Bonchev–Trinajstić information content (AvgIpc) is 2.27. The van der Waals surface area contributed by atoms with Crippen molar-refractivity contribution in [3.63, 3.8) is 0 Å². The third-order valence-corrected chi connectivity index (χ3v) is 2.33. The summed E-state index contributed by atoms with van der Waals surface area (Å²) >= 11 is 0. The van der Waals surface area contributed by atoms with Crippen molar-refractivity contribution in [3.8, 4) is 0 Å². The zero-order valence-electron chi connectivity index (χ0n) is 9.67. The molecular weight excluding hydrogens is 231 g/mol. The molecule has 1 heterocycles. The van der Waals surface area contributed by atoms with Gasteiger partial charge in [-0.05, 0) is 18.7 Å². The van der Waals surface area contributed by atoms with Crippen molar-refractivity contribution in [2.24, 2.45) is 5.73 Å². The van der Waals surface area contributed by atoms with E-state index < -0.39 is 12.6 Å². The Morgan fingerprint density at radius 2 is 2.06 bits per heavy atom. The molecule has 0 atom stereocenters. The number of rotatable bonds is 5. The molecule has 0 amide bonds. The van der Waals surface area contributed by atoms with Gasteiger partial charge in [0.1, 0.15) is 0 Å². The minimum Gasteiger partial charge on any atom is -0.326 e. The Balaban J connectivity index is 2.42. The van der Waals surface area contributed by atoms with Crippen molar-refractivity contribution in [2.45, 2.75) is 25.7 Å². The molecule has 2 N–H and O–H groups in total. The highest BCUT2D eigenvalue weighted by molar-refractivity contribution is 5.13. The van der Waals surface area contributed by atoms with E-state index in [9.17, 15) is 13.2 Å². The maximum Gasteiger partial charge on any atom is 0.390 e. The number of halogens is 3. The molecule has 0 unspecified atom stereocenters. The van der Waals surface area contributed by atoms with Gasteiger partial charge in [-0.25, -0.2) is 0 Å². The Bertz CT molecular complexity index is 335. The highest BCUT2D eigenvalue weighted by Gasteiger charge is 2.27. The molecule has 96 valence electrons. The van der Waals surface area contributed by atoms with Gasteiger partial charge in [0.15, 0.2) is 0 Å². The first-order valence-electron chi connectivity index (χ1n) is 5.30. The molecular formula is C11H16F3N3. The van der Waals surface area contributed by atoms with Crippen LogP contribution in [0.1, 0.15) is 17.7 Å². The number of nitrogens with two attached hydrogens (primary N) is 1. The normalized spacial score (nSPS) is 12.1. The summed E-state index contributed by atoms with van der Waals surface area (Å²) in [7, 11) is 1.64. The second kappa shape index (κ2) is 5.97. The lowest BCUT2D eigenvalue weighted by Gasteiger charge is -2.17. The lowest BCUT2D eigenvalue weighted by Crippen LogP contribution is -2.24. The van der Waals surface area contributed by atoms with E-state index in [1.807, 2.05) is 6.07 Å². The van der Waals surface area contributed by atoms with Crippen LogP contribution in [0.25, 0.3) is 0 Å². The van der Waals surface area contributed by atoms with Crippen molar-refractivity contribution in [1.82, 2.24) is 9.88 Å². The highest BCUT2D eigenvalue weighted by atomic mass is 19.4. The first-order valence-corrected chi connectivity index (χ1v) is 5.30. The van der Waals surface area contributed by atoms with E-state index in [1.165, 1.54) is 0 Å². The summed E-state index contributed by atoms with van der Waals surface area (Å²) in [4.78, 5) is 5.73. The SMILES string of the molecule is CN(CCC(F)(F)F)Cc1ccc(CN)cn1. The van der Waals surface area contributed by atoms with Crippen LogP contribution in [-0.2, 0) is 13.1 Å². The molecule has 6 heteroatoms. The van der Waals surface area contributed by atoms with Gasteiger partial charge in [0.25, 0.3) is 0 Å². The van der Waals surface area contributed by atoms with Crippen LogP contribution in [0.3, 0.4) is 0 Å². The number of pyridine rings is 1. The fraction of sp³-hybridized carbons (Fsp3) is 0.545. The molecule has 1 rings (SSSR count). The van der Waals surface area contributed by atoms with E-state index >= 15 is 0 Å². The first-order chi connectivity index (χ1) is 7.90. The summed E-state index contributed by atoms with van der Waals surface area (Å²) in [5.74, 6) is 0. The zero-order chi connectivity index (χ0) is 12.9. The van der Waals surface area contributed by atoms with E-state index in [2.05, 4.69) is 4.98 Å².